The van der Waals surface area contributed by atoms with Crippen molar-refractivity contribution in [2.45, 2.75) is 58.7 Å². The molecule has 0 atom stereocenters. The smallest absolute Gasteiger partial charge is 0.289 e. The minimum atomic E-state index is -0.150. The molecule has 150 valence electrons. The number of nitrogens with zero attached hydrogens (tertiary/aromatic N) is 4. The van der Waals surface area contributed by atoms with Gasteiger partial charge in [0.15, 0.2) is 0 Å². The lowest BCUT2D eigenvalue weighted by molar-refractivity contribution is 0.0613. The maximum absolute atomic E-state index is 14.0. The van der Waals surface area contributed by atoms with Gasteiger partial charge in [-0.2, -0.15) is 0 Å². The number of hydrogen-bond acceptors (Lipinski definition) is 4. The van der Waals surface area contributed by atoms with Crippen LogP contribution in [0.25, 0.3) is 0 Å². The molecule has 1 fully saturated rings. The third-order valence-electron chi connectivity index (χ3n) is 6.09. The van der Waals surface area contributed by atoms with Crippen LogP contribution in [0.4, 0.5) is 4.39 Å². The average molecular weight is 385 g/mol. The van der Waals surface area contributed by atoms with Crippen LogP contribution in [-0.2, 0) is 19.5 Å². The van der Waals surface area contributed by atoms with Gasteiger partial charge >= 0.3 is 0 Å². The van der Waals surface area contributed by atoms with E-state index < -0.39 is 0 Å². The van der Waals surface area contributed by atoms with Gasteiger partial charge in [-0.15, -0.1) is 10.2 Å². The quantitative estimate of drug-likeness (QED) is 0.879. The molecular weight excluding hydrogens is 357 g/mol. The number of amides is 1. The van der Waals surface area contributed by atoms with Crippen molar-refractivity contribution in [1.29, 1.82) is 0 Å². The van der Waals surface area contributed by atoms with E-state index in [1.165, 1.54) is 6.07 Å². The molecule has 4 rings (SSSR count). The SMILES string of the molecule is CC(C)NC(=O)c1nnc2n1CC1(CC2)CCN(Cc2ccccc2F)CC1. The minimum absolute atomic E-state index is 0.0691. The normalized spacial score (nSPS) is 19.0. The second kappa shape index (κ2) is 7.62. The molecule has 2 aliphatic heterocycles. The molecular formula is C21H28FN5O. The number of halogens is 1. The highest BCUT2D eigenvalue weighted by Crippen LogP contribution is 2.41. The molecule has 0 aliphatic carbocycles. The van der Waals surface area contributed by atoms with E-state index in [0.29, 0.717) is 12.4 Å². The maximum Gasteiger partial charge on any atom is 0.289 e. The van der Waals surface area contributed by atoms with Crippen LogP contribution in [0.2, 0.25) is 0 Å². The number of aryl methyl sites for hydroxylation is 1. The van der Waals surface area contributed by atoms with Crippen molar-refractivity contribution in [3.05, 3.63) is 47.3 Å². The van der Waals surface area contributed by atoms with Crippen LogP contribution in [0.15, 0.2) is 24.3 Å². The summed E-state index contributed by atoms with van der Waals surface area (Å²) in [7, 11) is 0. The molecule has 0 bridgehead atoms. The van der Waals surface area contributed by atoms with Crippen LogP contribution in [0.3, 0.4) is 0 Å². The minimum Gasteiger partial charge on any atom is -0.347 e. The summed E-state index contributed by atoms with van der Waals surface area (Å²) in [6.45, 7) is 7.22. The second-order valence-corrected chi connectivity index (χ2v) is 8.52. The summed E-state index contributed by atoms with van der Waals surface area (Å²) in [5, 5.41) is 11.3. The van der Waals surface area contributed by atoms with Crippen molar-refractivity contribution < 1.29 is 9.18 Å². The molecule has 2 aromatic rings. The Labute approximate surface area is 165 Å². The first-order chi connectivity index (χ1) is 13.5. The number of rotatable bonds is 4. The van der Waals surface area contributed by atoms with Crippen LogP contribution in [0.1, 0.15) is 55.1 Å². The molecule has 2 aliphatic rings. The highest BCUT2D eigenvalue weighted by molar-refractivity contribution is 5.90. The molecule has 3 heterocycles. The number of nitrogens with one attached hydrogen (secondary N) is 1. The molecule has 1 spiro atoms. The van der Waals surface area contributed by atoms with Crippen molar-refractivity contribution in [1.82, 2.24) is 25.0 Å². The van der Waals surface area contributed by atoms with E-state index >= 15 is 0 Å². The number of carbonyl (C=O) groups is 1. The number of carbonyl (C=O) groups excluding carboxylic acids is 1. The standard InChI is InChI=1S/C21H28FN5O/c1-15(2)23-20(28)19-25-24-18-7-8-21(14-27(18)19)9-11-26(12-10-21)13-16-5-3-4-6-17(16)22/h3-6,15H,7-14H2,1-2H3,(H,23,28). The van der Waals surface area contributed by atoms with Gasteiger partial charge < -0.3 is 9.88 Å². The summed E-state index contributed by atoms with van der Waals surface area (Å²) in [5.41, 5.74) is 0.935. The summed E-state index contributed by atoms with van der Waals surface area (Å²) in [5.74, 6) is 1.06. The summed E-state index contributed by atoms with van der Waals surface area (Å²) in [4.78, 5) is 14.8. The molecule has 1 amide bonds. The Morgan fingerprint density at radius 2 is 1.96 bits per heavy atom. The van der Waals surface area contributed by atoms with E-state index in [1.54, 1.807) is 6.07 Å². The highest BCUT2D eigenvalue weighted by Gasteiger charge is 2.39. The van der Waals surface area contributed by atoms with E-state index in [1.807, 2.05) is 30.5 Å². The zero-order valence-corrected chi connectivity index (χ0v) is 16.6. The molecule has 1 aromatic heterocycles. The fourth-order valence-electron chi connectivity index (χ4n) is 4.43. The van der Waals surface area contributed by atoms with Crippen LogP contribution >= 0.6 is 0 Å². The molecule has 7 heteroatoms. The lowest BCUT2D eigenvalue weighted by Crippen LogP contribution is -2.45. The largest absolute Gasteiger partial charge is 0.347 e. The molecule has 28 heavy (non-hydrogen) atoms. The van der Waals surface area contributed by atoms with Crippen molar-refractivity contribution in [2.75, 3.05) is 13.1 Å². The predicted octanol–water partition coefficient (Wildman–Crippen LogP) is 2.78. The van der Waals surface area contributed by atoms with E-state index in [0.717, 1.165) is 56.7 Å². The van der Waals surface area contributed by atoms with Crippen molar-refractivity contribution in [3.8, 4) is 0 Å². The van der Waals surface area contributed by atoms with Crippen LogP contribution < -0.4 is 5.32 Å². The monoisotopic (exact) mass is 385 g/mol. The summed E-state index contributed by atoms with van der Waals surface area (Å²) in [6, 6.07) is 7.08. The molecule has 1 N–H and O–H groups in total. The fraction of sp³-hybridized carbons (Fsp3) is 0.571. The number of likely N-dealkylation sites (tertiary alicyclic amines) is 1. The van der Waals surface area contributed by atoms with Gasteiger partial charge in [0.1, 0.15) is 11.6 Å². The molecule has 1 aromatic carbocycles. The molecule has 1 saturated heterocycles. The summed E-state index contributed by atoms with van der Waals surface area (Å²) >= 11 is 0. The van der Waals surface area contributed by atoms with Gasteiger partial charge in [-0.05, 0) is 57.7 Å². The fourth-order valence-corrected chi connectivity index (χ4v) is 4.43. The van der Waals surface area contributed by atoms with Gasteiger partial charge in [0.25, 0.3) is 5.91 Å². The molecule has 0 saturated carbocycles. The average Bonchev–Trinajstić information content (AvgIpc) is 3.08. The van der Waals surface area contributed by atoms with Gasteiger partial charge in [0.05, 0.1) is 0 Å². The summed E-state index contributed by atoms with van der Waals surface area (Å²) < 4.78 is 16.0. The summed E-state index contributed by atoms with van der Waals surface area (Å²) in [6.07, 6.45) is 4.02. The topological polar surface area (TPSA) is 63.1 Å². The zero-order valence-electron chi connectivity index (χ0n) is 16.6. The number of benzene rings is 1. The maximum atomic E-state index is 14.0. The first-order valence-corrected chi connectivity index (χ1v) is 10.1. The van der Waals surface area contributed by atoms with Gasteiger partial charge in [-0.3, -0.25) is 9.69 Å². The Morgan fingerprint density at radius 1 is 1.21 bits per heavy atom. The van der Waals surface area contributed by atoms with Crippen LogP contribution in [-0.4, -0.2) is 44.7 Å². The Hall–Kier alpha value is -2.28. The predicted molar refractivity (Wildman–Crippen MR) is 104 cm³/mol. The lowest BCUT2D eigenvalue weighted by Gasteiger charge is -2.44. The zero-order chi connectivity index (χ0) is 19.7. The van der Waals surface area contributed by atoms with Crippen LogP contribution in [0.5, 0.6) is 0 Å². The number of hydrogen-bond donors (Lipinski definition) is 1. The van der Waals surface area contributed by atoms with Gasteiger partial charge in [0, 0.05) is 31.1 Å². The van der Waals surface area contributed by atoms with Gasteiger partial charge in [0.2, 0.25) is 5.82 Å². The molecule has 0 radical (unpaired) electrons. The van der Waals surface area contributed by atoms with Crippen molar-refractivity contribution in [3.63, 3.8) is 0 Å². The lowest BCUT2D eigenvalue weighted by atomic mass is 9.73. The van der Waals surface area contributed by atoms with E-state index in [-0.39, 0.29) is 23.2 Å². The third-order valence-corrected chi connectivity index (χ3v) is 6.09. The first-order valence-electron chi connectivity index (χ1n) is 10.1. The third kappa shape index (κ3) is 3.81. The van der Waals surface area contributed by atoms with Crippen molar-refractivity contribution in [2.24, 2.45) is 5.41 Å². The Bertz CT molecular complexity index is 854. The van der Waals surface area contributed by atoms with Gasteiger partial charge in [-0.25, -0.2) is 4.39 Å². The Balaban J connectivity index is 1.43. The Kier molecular flexibility index (Phi) is 5.19. The number of fused-ring (bicyclic) bond motifs is 1. The highest BCUT2D eigenvalue weighted by atomic mass is 19.1. The van der Waals surface area contributed by atoms with E-state index in [9.17, 15) is 9.18 Å². The Morgan fingerprint density at radius 3 is 2.68 bits per heavy atom. The molecule has 6 nitrogen and oxygen atoms in total. The first kappa shape index (κ1) is 19.1. The van der Waals surface area contributed by atoms with Crippen molar-refractivity contribution >= 4 is 5.91 Å². The van der Waals surface area contributed by atoms with E-state index in [4.69, 9.17) is 0 Å². The van der Waals surface area contributed by atoms with Crippen LogP contribution in [0, 0.1) is 11.2 Å². The van der Waals surface area contributed by atoms with Gasteiger partial charge in [-0.1, -0.05) is 18.2 Å². The number of piperidine rings is 1. The molecule has 0 unspecified atom stereocenters. The van der Waals surface area contributed by atoms with E-state index in [2.05, 4.69) is 20.4 Å². The number of aromatic nitrogens is 3. The second-order valence-electron chi connectivity index (χ2n) is 8.52.